The fraction of sp³-hybridized carbons (Fsp3) is 0.833. The van der Waals surface area contributed by atoms with Gasteiger partial charge in [-0.3, -0.25) is 4.79 Å². The standard InChI is InChI=1S/C12H22N2O4S/c1-12(2,19-3)8-13-11(17)14-4-5-18-7-9(14)6-10(15)16/h9H,4-8H2,1-3H3,(H,13,17)(H,15,16). The van der Waals surface area contributed by atoms with Gasteiger partial charge in [0.15, 0.2) is 0 Å². The van der Waals surface area contributed by atoms with Gasteiger partial charge in [-0.1, -0.05) is 0 Å². The molecule has 6 nitrogen and oxygen atoms in total. The van der Waals surface area contributed by atoms with Crippen molar-refractivity contribution in [3.8, 4) is 0 Å². The van der Waals surface area contributed by atoms with Crippen LogP contribution in [-0.2, 0) is 9.53 Å². The molecular weight excluding hydrogens is 268 g/mol. The molecule has 1 heterocycles. The van der Waals surface area contributed by atoms with Gasteiger partial charge < -0.3 is 20.1 Å². The summed E-state index contributed by atoms with van der Waals surface area (Å²) < 4.78 is 5.20. The van der Waals surface area contributed by atoms with Gasteiger partial charge in [0.2, 0.25) is 0 Å². The Kier molecular flexibility index (Phi) is 5.93. The number of nitrogens with one attached hydrogen (secondary N) is 1. The number of carboxylic acids is 1. The van der Waals surface area contributed by atoms with Crippen molar-refractivity contribution in [1.29, 1.82) is 0 Å². The summed E-state index contributed by atoms with van der Waals surface area (Å²) in [5.41, 5.74) is 0. The summed E-state index contributed by atoms with van der Waals surface area (Å²) in [5.74, 6) is -0.919. The van der Waals surface area contributed by atoms with E-state index in [2.05, 4.69) is 5.32 Å². The lowest BCUT2D eigenvalue weighted by atomic mass is 10.1. The number of carboxylic acid groups (broad SMARTS) is 1. The van der Waals surface area contributed by atoms with Crippen LogP contribution in [0.4, 0.5) is 4.79 Å². The smallest absolute Gasteiger partial charge is 0.317 e. The Bertz CT molecular complexity index is 336. The third kappa shape index (κ3) is 5.28. The third-order valence-electron chi connectivity index (χ3n) is 3.12. The number of morpholine rings is 1. The van der Waals surface area contributed by atoms with Crippen molar-refractivity contribution in [2.45, 2.75) is 31.1 Å². The molecule has 110 valence electrons. The number of urea groups is 1. The van der Waals surface area contributed by atoms with Crippen molar-refractivity contribution in [1.82, 2.24) is 10.2 Å². The first kappa shape index (κ1) is 16.1. The first-order valence-electron chi connectivity index (χ1n) is 6.25. The second kappa shape index (κ2) is 7.00. The molecule has 0 aromatic rings. The topological polar surface area (TPSA) is 78.9 Å². The molecule has 0 spiro atoms. The normalized spacial score (nSPS) is 20.2. The fourth-order valence-corrected chi connectivity index (χ4v) is 1.97. The van der Waals surface area contributed by atoms with Crippen LogP contribution in [0.3, 0.4) is 0 Å². The molecule has 2 N–H and O–H groups in total. The van der Waals surface area contributed by atoms with Gasteiger partial charge in [0.1, 0.15) is 0 Å². The SMILES string of the molecule is CSC(C)(C)CNC(=O)N1CCOCC1CC(=O)O. The maximum absolute atomic E-state index is 12.1. The van der Waals surface area contributed by atoms with E-state index < -0.39 is 5.97 Å². The average molecular weight is 290 g/mol. The zero-order valence-electron chi connectivity index (χ0n) is 11.6. The van der Waals surface area contributed by atoms with Crippen molar-refractivity contribution >= 4 is 23.8 Å². The second-order valence-corrected chi connectivity index (χ2v) is 6.66. The van der Waals surface area contributed by atoms with Crippen LogP contribution >= 0.6 is 11.8 Å². The van der Waals surface area contributed by atoms with Crippen LogP contribution in [0.15, 0.2) is 0 Å². The van der Waals surface area contributed by atoms with E-state index in [1.807, 2.05) is 20.1 Å². The molecule has 0 aliphatic carbocycles. The van der Waals surface area contributed by atoms with E-state index >= 15 is 0 Å². The summed E-state index contributed by atoms with van der Waals surface area (Å²) >= 11 is 1.68. The van der Waals surface area contributed by atoms with Crippen molar-refractivity contribution in [2.24, 2.45) is 0 Å². The Labute approximate surface area is 117 Å². The Hall–Kier alpha value is -0.950. The molecule has 19 heavy (non-hydrogen) atoms. The molecule has 1 rings (SSSR count). The summed E-state index contributed by atoms with van der Waals surface area (Å²) in [5, 5.41) is 11.7. The van der Waals surface area contributed by atoms with Gasteiger partial charge in [0, 0.05) is 17.8 Å². The number of hydrogen-bond donors (Lipinski definition) is 2. The molecule has 1 aliphatic rings. The van der Waals surface area contributed by atoms with E-state index in [1.54, 1.807) is 16.7 Å². The zero-order valence-corrected chi connectivity index (χ0v) is 12.5. The van der Waals surface area contributed by atoms with E-state index in [9.17, 15) is 9.59 Å². The van der Waals surface area contributed by atoms with E-state index in [1.165, 1.54) is 0 Å². The molecule has 0 radical (unpaired) electrons. The highest BCUT2D eigenvalue weighted by atomic mass is 32.2. The van der Waals surface area contributed by atoms with Crippen molar-refractivity contribution in [3.05, 3.63) is 0 Å². The van der Waals surface area contributed by atoms with E-state index in [0.29, 0.717) is 19.7 Å². The number of hydrogen-bond acceptors (Lipinski definition) is 4. The highest BCUT2D eigenvalue weighted by Gasteiger charge is 2.29. The monoisotopic (exact) mass is 290 g/mol. The predicted molar refractivity (Wildman–Crippen MR) is 74.6 cm³/mol. The quantitative estimate of drug-likeness (QED) is 0.790. The number of carbonyl (C=O) groups excluding carboxylic acids is 1. The highest BCUT2D eigenvalue weighted by molar-refractivity contribution is 7.99. The summed E-state index contributed by atoms with van der Waals surface area (Å²) in [6, 6.07) is -0.597. The van der Waals surface area contributed by atoms with Crippen molar-refractivity contribution < 1.29 is 19.4 Å². The minimum absolute atomic E-state index is 0.0375. The summed E-state index contributed by atoms with van der Waals surface area (Å²) in [6.45, 7) is 5.81. The predicted octanol–water partition coefficient (Wildman–Crippen LogP) is 1.01. The minimum atomic E-state index is -0.919. The van der Waals surface area contributed by atoms with E-state index in [0.717, 1.165) is 0 Å². The minimum Gasteiger partial charge on any atom is -0.481 e. The molecule has 1 atom stereocenters. The molecule has 2 amide bonds. The number of rotatable bonds is 5. The molecule has 0 aromatic heterocycles. The van der Waals surface area contributed by atoms with Gasteiger partial charge in [-0.15, -0.1) is 0 Å². The summed E-state index contributed by atoms with van der Waals surface area (Å²) in [6.07, 6.45) is 1.91. The molecule has 0 saturated carbocycles. The lowest BCUT2D eigenvalue weighted by molar-refractivity contribution is -0.139. The van der Waals surface area contributed by atoms with Gasteiger partial charge in [-0.05, 0) is 20.1 Å². The molecular formula is C12H22N2O4S. The lowest BCUT2D eigenvalue weighted by Crippen LogP contribution is -2.54. The van der Waals surface area contributed by atoms with Crippen LogP contribution in [0, 0.1) is 0 Å². The molecule has 1 aliphatic heterocycles. The Morgan fingerprint density at radius 3 is 2.79 bits per heavy atom. The largest absolute Gasteiger partial charge is 0.481 e. The number of ether oxygens (including phenoxy) is 1. The molecule has 1 saturated heterocycles. The first-order chi connectivity index (χ1) is 8.85. The summed E-state index contributed by atoms with van der Waals surface area (Å²) in [4.78, 5) is 24.5. The van der Waals surface area contributed by atoms with Gasteiger partial charge in [0.25, 0.3) is 0 Å². The number of carbonyl (C=O) groups is 2. The molecule has 0 aromatic carbocycles. The molecule has 7 heteroatoms. The van der Waals surface area contributed by atoms with Crippen LogP contribution in [-0.4, -0.2) is 65.4 Å². The summed E-state index contributed by atoms with van der Waals surface area (Å²) in [7, 11) is 0. The van der Waals surface area contributed by atoms with E-state index in [4.69, 9.17) is 9.84 Å². The van der Waals surface area contributed by atoms with Crippen molar-refractivity contribution in [2.75, 3.05) is 32.6 Å². The van der Waals surface area contributed by atoms with Gasteiger partial charge >= 0.3 is 12.0 Å². The first-order valence-corrected chi connectivity index (χ1v) is 7.47. The fourth-order valence-electron chi connectivity index (χ4n) is 1.76. The van der Waals surface area contributed by atoms with E-state index in [-0.39, 0.29) is 29.8 Å². The van der Waals surface area contributed by atoms with Gasteiger partial charge in [0.05, 0.1) is 25.7 Å². The third-order valence-corrected chi connectivity index (χ3v) is 4.37. The second-order valence-electron chi connectivity index (χ2n) is 5.14. The lowest BCUT2D eigenvalue weighted by Gasteiger charge is -2.35. The van der Waals surface area contributed by atoms with Gasteiger partial charge in [-0.2, -0.15) is 11.8 Å². The maximum atomic E-state index is 12.1. The number of aliphatic carboxylic acids is 1. The maximum Gasteiger partial charge on any atom is 0.317 e. The zero-order chi connectivity index (χ0) is 14.5. The Morgan fingerprint density at radius 1 is 1.53 bits per heavy atom. The molecule has 1 fully saturated rings. The number of nitrogens with zero attached hydrogens (tertiary/aromatic N) is 1. The highest BCUT2D eigenvalue weighted by Crippen LogP contribution is 2.20. The molecule has 1 unspecified atom stereocenters. The number of amides is 2. The Morgan fingerprint density at radius 2 is 2.21 bits per heavy atom. The van der Waals surface area contributed by atoms with Crippen LogP contribution in [0.2, 0.25) is 0 Å². The van der Waals surface area contributed by atoms with Crippen LogP contribution in [0.5, 0.6) is 0 Å². The van der Waals surface area contributed by atoms with Gasteiger partial charge in [-0.25, -0.2) is 4.79 Å². The Balaban J connectivity index is 2.54. The van der Waals surface area contributed by atoms with Crippen LogP contribution in [0.1, 0.15) is 20.3 Å². The van der Waals surface area contributed by atoms with Crippen molar-refractivity contribution in [3.63, 3.8) is 0 Å². The van der Waals surface area contributed by atoms with Crippen LogP contribution in [0.25, 0.3) is 0 Å². The van der Waals surface area contributed by atoms with Crippen LogP contribution < -0.4 is 5.32 Å². The number of thioether (sulfide) groups is 1. The molecule has 0 bridgehead atoms. The average Bonchev–Trinajstić information content (AvgIpc) is 2.36.